The molecule has 20 heavy (non-hydrogen) atoms. The first-order chi connectivity index (χ1) is 9.43. The van der Waals surface area contributed by atoms with Crippen molar-refractivity contribution in [2.45, 2.75) is 6.92 Å². The lowest BCUT2D eigenvalue weighted by Gasteiger charge is -2.08. The maximum absolute atomic E-state index is 11.5. The Kier molecular flexibility index (Phi) is 5.98. The van der Waals surface area contributed by atoms with Gasteiger partial charge in [-0.05, 0) is 41.1 Å². The number of carbonyl (C=O) groups is 3. The molecule has 3 N–H and O–H groups in total. The van der Waals surface area contributed by atoms with Crippen LogP contribution in [0.4, 0.5) is 10.5 Å². The van der Waals surface area contributed by atoms with Crippen molar-refractivity contribution in [3.05, 3.63) is 28.2 Å². The summed E-state index contributed by atoms with van der Waals surface area (Å²) < 4.78 is 5.05. The zero-order valence-electron chi connectivity index (χ0n) is 10.6. The number of halogens is 1. The Morgan fingerprint density at radius 2 is 2.05 bits per heavy atom. The van der Waals surface area contributed by atoms with Crippen LogP contribution in [0.1, 0.15) is 17.3 Å². The Morgan fingerprint density at radius 1 is 1.35 bits per heavy atom. The minimum absolute atomic E-state index is 0.0215. The maximum atomic E-state index is 11.5. The molecule has 0 spiro atoms. The molecule has 1 aromatic carbocycles. The molecule has 0 saturated heterocycles. The first-order valence-electron chi connectivity index (χ1n) is 5.67. The molecule has 0 saturated carbocycles. The number of amides is 2. The number of nitrogens with one attached hydrogen (secondary N) is 2. The van der Waals surface area contributed by atoms with E-state index in [1.165, 1.54) is 18.2 Å². The van der Waals surface area contributed by atoms with Crippen molar-refractivity contribution in [3.8, 4) is 0 Å². The number of hydrogen-bond donors (Lipinski definition) is 3. The summed E-state index contributed by atoms with van der Waals surface area (Å²) in [5.41, 5.74) is 0.320. The summed E-state index contributed by atoms with van der Waals surface area (Å²) in [5.74, 6) is -1.67. The first-order valence-corrected chi connectivity index (χ1v) is 6.46. The van der Waals surface area contributed by atoms with Gasteiger partial charge < -0.3 is 20.5 Å². The molecule has 0 radical (unpaired) electrons. The number of rotatable bonds is 5. The number of carbonyl (C=O) groups excluding carboxylic acids is 2. The van der Waals surface area contributed by atoms with Crippen LogP contribution in [0.15, 0.2) is 22.7 Å². The van der Waals surface area contributed by atoms with Gasteiger partial charge in [0.1, 0.15) is 6.54 Å². The van der Waals surface area contributed by atoms with Crippen molar-refractivity contribution in [1.82, 2.24) is 5.32 Å². The van der Waals surface area contributed by atoms with Gasteiger partial charge in [-0.3, -0.25) is 4.79 Å². The van der Waals surface area contributed by atoms with Gasteiger partial charge in [0.2, 0.25) is 0 Å². The van der Waals surface area contributed by atoms with Crippen molar-refractivity contribution >= 4 is 39.6 Å². The van der Waals surface area contributed by atoms with Gasteiger partial charge in [-0.15, -0.1) is 0 Å². The average Bonchev–Trinajstić information content (AvgIpc) is 2.39. The van der Waals surface area contributed by atoms with Gasteiger partial charge in [0, 0.05) is 10.2 Å². The number of esters is 1. The quantitative estimate of drug-likeness (QED) is 0.706. The van der Waals surface area contributed by atoms with Gasteiger partial charge in [0.05, 0.1) is 12.2 Å². The van der Waals surface area contributed by atoms with Gasteiger partial charge in [-0.1, -0.05) is 0 Å². The van der Waals surface area contributed by atoms with Crippen LogP contribution < -0.4 is 10.6 Å². The molecule has 0 heterocycles. The minimum Gasteiger partial charge on any atom is -0.478 e. The summed E-state index contributed by atoms with van der Waals surface area (Å²) in [5, 5.41) is 13.7. The van der Waals surface area contributed by atoms with E-state index in [2.05, 4.69) is 31.3 Å². The largest absolute Gasteiger partial charge is 0.478 e. The Bertz CT molecular complexity index is 533. The summed E-state index contributed by atoms with van der Waals surface area (Å²) in [6.45, 7) is 1.63. The molecule has 0 aliphatic rings. The number of benzene rings is 1. The van der Waals surface area contributed by atoms with Crippen molar-refractivity contribution in [2.24, 2.45) is 0 Å². The first kappa shape index (κ1) is 16.0. The Morgan fingerprint density at radius 3 is 2.65 bits per heavy atom. The van der Waals surface area contributed by atoms with E-state index in [0.717, 1.165) is 0 Å². The molecule has 1 rings (SSSR count). The van der Waals surface area contributed by atoms with Crippen molar-refractivity contribution in [1.29, 1.82) is 0 Å². The van der Waals surface area contributed by atoms with E-state index < -0.39 is 18.0 Å². The average molecular weight is 345 g/mol. The van der Waals surface area contributed by atoms with Crippen LogP contribution in [0.3, 0.4) is 0 Å². The summed E-state index contributed by atoms with van der Waals surface area (Å²) in [4.78, 5) is 33.5. The molecule has 0 aliphatic heterocycles. The third kappa shape index (κ3) is 4.88. The van der Waals surface area contributed by atoms with E-state index in [1.807, 2.05) is 0 Å². The lowest BCUT2D eigenvalue weighted by molar-refractivity contribution is -0.141. The second-order valence-corrected chi connectivity index (χ2v) is 4.47. The smallest absolute Gasteiger partial charge is 0.336 e. The van der Waals surface area contributed by atoms with Gasteiger partial charge in [0.15, 0.2) is 0 Å². The zero-order chi connectivity index (χ0) is 15.1. The van der Waals surface area contributed by atoms with E-state index in [0.29, 0.717) is 10.2 Å². The third-order valence-electron chi connectivity index (χ3n) is 2.15. The molecule has 0 unspecified atom stereocenters. The molecule has 8 heteroatoms. The fourth-order valence-corrected chi connectivity index (χ4v) is 1.72. The molecular formula is C12H13BrN2O5. The van der Waals surface area contributed by atoms with Crippen LogP contribution >= 0.6 is 15.9 Å². The zero-order valence-corrected chi connectivity index (χ0v) is 12.2. The summed E-state index contributed by atoms with van der Waals surface area (Å²) >= 11 is 3.09. The monoisotopic (exact) mass is 344 g/mol. The highest BCUT2D eigenvalue weighted by atomic mass is 79.9. The van der Waals surface area contributed by atoms with E-state index in [9.17, 15) is 14.4 Å². The highest BCUT2D eigenvalue weighted by Crippen LogP contribution is 2.21. The van der Waals surface area contributed by atoms with Crippen LogP contribution in [-0.4, -0.2) is 36.2 Å². The van der Waals surface area contributed by atoms with Crippen LogP contribution in [0.25, 0.3) is 0 Å². The summed E-state index contributed by atoms with van der Waals surface area (Å²) in [6, 6.07) is 3.71. The van der Waals surface area contributed by atoms with Crippen LogP contribution in [0.2, 0.25) is 0 Å². The number of aromatic carboxylic acids is 1. The fraction of sp³-hybridized carbons (Fsp3) is 0.250. The standard InChI is InChI=1S/C12H13BrN2O5/c1-2-20-10(16)6-14-12(19)15-7-3-4-9(13)8(5-7)11(17)18/h3-5H,2,6H2,1H3,(H,17,18)(H2,14,15,19). The highest BCUT2D eigenvalue weighted by molar-refractivity contribution is 9.10. The van der Waals surface area contributed by atoms with E-state index in [1.54, 1.807) is 6.92 Å². The van der Waals surface area contributed by atoms with Crippen LogP contribution in [0.5, 0.6) is 0 Å². The second kappa shape index (κ2) is 7.49. The van der Waals surface area contributed by atoms with Crippen molar-refractivity contribution in [3.63, 3.8) is 0 Å². The Labute approximate surface area is 123 Å². The number of carboxylic acids is 1. The van der Waals surface area contributed by atoms with E-state index >= 15 is 0 Å². The number of anilines is 1. The molecule has 0 fully saturated rings. The number of urea groups is 1. The number of carboxylic acid groups (broad SMARTS) is 1. The highest BCUT2D eigenvalue weighted by Gasteiger charge is 2.11. The molecule has 2 amide bonds. The molecule has 1 aromatic rings. The molecule has 0 aliphatic carbocycles. The lowest BCUT2D eigenvalue weighted by atomic mass is 10.2. The SMILES string of the molecule is CCOC(=O)CNC(=O)Nc1ccc(Br)c(C(=O)O)c1. The molecule has 0 bridgehead atoms. The fourth-order valence-electron chi connectivity index (χ4n) is 1.31. The van der Waals surface area contributed by atoms with E-state index in [4.69, 9.17) is 5.11 Å². The topological polar surface area (TPSA) is 105 Å². The van der Waals surface area contributed by atoms with Crippen LogP contribution in [-0.2, 0) is 9.53 Å². The van der Waals surface area contributed by atoms with Gasteiger partial charge in [0.25, 0.3) is 0 Å². The second-order valence-electron chi connectivity index (χ2n) is 3.61. The van der Waals surface area contributed by atoms with E-state index in [-0.39, 0.29) is 18.7 Å². The number of ether oxygens (including phenoxy) is 1. The normalized spacial score (nSPS) is 9.70. The Hall–Kier alpha value is -2.09. The van der Waals surface area contributed by atoms with Crippen LogP contribution in [0, 0.1) is 0 Å². The lowest BCUT2D eigenvalue weighted by Crippen LogP contribution is -2.34. The molecule has 0 atom stereocenters. The predicted octanol–water partition coefficient (Wildman–Crippen LogP) is 1.83. The van der Waals surface area contributed by atoms with Gasteiger partial charge in [-0.25, -0.2) is 9.59 Å². The summed E-state index contributed by atoms with van der Waals surface area (Å²) in [6.07, 6.45) is 0. The van der Waals surface area contributed by atoms with Crippen molar-refractivity contribution < 1.29 is 24.2 Å². The summed E-state index contributed by atoms with van der Waals surface area (Å²) in [7, 11) is 0. The maximum Gasteiger partial charge on any atom is 0.336 e. The number of hydrogen-bond acceptors (Lipinski definition) is 4. The Balaban J connectivity index is 2.60. The molecule has 108 valence electrons. The van der Waals surface area contributed by atoms with Gasteiger partial charge >= 0.3 is 18.0 Å². The third-order valence-corrected chi connectivity index (χ3v) is 2.84. The van der Waals surface area contributed by atoms with Gasteiger partial charge in [-0.2, -0.15) is 0 Å². The predicted molar refractivity (Wildman–Crippen MR) is 74.8 cm³/mol. The molecule has 7 nitrogen and oxygen atoms in total. The molecule has 0 aromatic heterocycles. The van der Waals surface area contributed by atoms with Crippen molar-refractivity contribution in [2.75, 3.05) is 18.5 Å². The minimum atomic E-state index is -1.12. The molecular weight excluding hydrogens is 332 g/mol.